The normalized spacial score (nSPS) is 15.1. The van der Waals surface area contributed by atoms with Gasteiger partial charge in [0, 0.05) is 18.1 Å². The molecule has 0 bridgehead atoms. The van der Waals surface area contributed by atoms with E-state index in [4.69, 9.17) is 16.3 Å². The fourth-order valence-corrected chi connectivity index (χ4v) is 3.67. The van der Waals surface area contributed by atoms with Crippen molar-refractivity contribution in [3.8, 4) is 5.75 Å². The zero-order chi connectivity index (χ0) is 21.0. The van der Waals surface area contributed by atoms with Crippen LogP contribution in [0, 0.1) is 5.82 Å². The van der Waals surface area contributed by atoms with Crippen LogP contribution in [0.25, 0.3) is 6.08 Å². The minimum Gasteiger partial charge on any atom is -0.496 e. The molecule has 0 saturated carbocycles. The van der Waals surface area contributed by atoms with Gasteiger partial charge in [0.15, 0.2) is 0 Å². The van der Waals surface area contributed by atoms with E-state index >= 15 is 0 Å². The Bertz CT molecular complexity index is 994. The van der Waals surface area contributed by atoms with E-state index in [-0.39, 0.29) is 29.4 Å². The SMILES string of the molecule is COc1ccc(Cl)cc1C(=O)NCCN1C(=O)S/C(=C\c2ccc(F)cc2)C1=O. The Morgan fingerprint density at radius 2 is 1.97 bits per heavy atom. The molecule has 2 aromatic carbocycles. The number of rotatable bonds is 6. The monoisotopic (exact) mass is 434 g/mol. The number of imide groups is 1. The number of nitrogens with zero attached hydrogens (tertiary/aromatic N) is 1. The van der Waals surface area contributed by atoms with E-state index in [1.165, 1.54) is 43.5 Å². The molecule has 0 spiro atoms. The quantitative estimate of drug-likeness (QED) is 0.696. The summed E-state index contributed by atoms with van der Waals surface area (Å²) < 4.78 is 18.1. The summed E-state index contributed by atoms with van der Waals surface area (Å²) in [5.74, 6) is -0.917. The van der Waals surface area contributed by atoms with Crippen molar-refractivity contribution in [2.24, 2.45) is 0 Å². The van der Waals surface area contributed by atoms with E-state index in [9.17, 15) is 18.8 Å². The third-order valence-corrected chi connectivity index (χ3v) is 5.21. The average Bonchev–Trinajstić information content (AvgIpc) is 2.97. The molecule has 0 aromatic heterocycles. The number of benzene rings is 2. The lowest BCUT2D eigenvalue weighted by Crippen LogP contribution is -2.37. The van der Waals surface area contributed by atoms with Crippen molar-refractivity contribution >= 4 is 46.5 Å². The standard InChI is InChI=1S/C20H16ClFN2O4S/c1-28-16-7-4-13(21)11-15(16)18(25)23-8-9-24-19(26)17(29-20(24)27)10-12-2-5-14(22)6-3-12/h2-7,10-11H,8-9H2,1H3,(H,23,25)/b17-10-. The van der Waals surface area contributed by atoms with E-state index < -0.39 is 17.1 Å². The molecule has 3 amide bonds. The van der Waals surface area contributed by atoms with Crippen LogP contribution in [-0.4, -0.2) is 42.2 Å². The smallest absolute Gasteiger partial charge is 0.293 e. The molecule has 6 nitrogen and oxygen atoms in total. The first-order chi connectivity index (χ1) is 13.9. The molecule has 1 heterocycles. The molecule has 0 atom stereocenters. The summed E-state index contributed by atoms with van der Waals surface area (Å²) in [5, 5.41) is 2.60. The topological polar surface area (TPSA) is 75.7 Å². The van der Waals surface area contributed by atoms with E-state index in [0.717, 1.165) is 16.7 Å². The maximum Gasteiger partial charge on any atom is 0.293 e. The van der Waals surface area contributed by atoms with Crippen molar-refractivity contribution in [2.75, 3.05) is 20.2 Å². The molecule has 1 saturated heterocycles. The van der Waals surface area contributed by atoms with Crippen molar-refractivity contribution in [1.82, 2.24) is 10.2 Å². The van der Waals surface area contributed by atoms with Gasteiger partial charge in [-0.05, 0) is 53.7 Å². The van der Waals surface area contributed by atoms with Crippen molar-refractivity contribution in [2.45, 2.75) is 0 Å². The second-order valence-corrected chi connectivity index (χ2v) is 7.42. The Hall–Kier alpha value is -2.84. The first kappa shape index (κ1) is 20.9. The Balaban J connectivity index is 1.62. The summed E-state index contributed by atoms with van der Waals surface area (Å²) in [4.78, 5) is 38.3. The van der Waals surface area contributed by atoms with Crippen LogP contribution in [0.1, 0.15) is 15.9 Å². The van der Waals surface area contributed by atoms with Crippen LogP contribution in [0.4, 0.5) is 9.18 Å². The predicted octanol–water partition coefficient (Wildman–Crippen LogP) is 3.95. The lowest BCUT2D eigenvalue weighted by molar-refractivity contribution is -0.122. The van der Waals surface area contributed by atoms with Crippen LogP contribution in [0.5, 0.6) is 5.75 Å². The third kappa shape index (κ3) is 4.96. The lowest BCUT2D eigenvalue weighted by Gasteiger charge is -2.14. The third-order valence-electron chi connectivity index (χ3n) is 4.07. The van der Waals surface area contributed by atoms with Gasteiger partial charge < -0.3 is 10.1 Å². The molecular formula is C20H16ClFN2O4S. The number of ether oxygens (including phenoxy) is 1. The predicted molar refractivity (Wildman–Crippen MR) is 109 cm³/mol. The Morgan fingerprint density at radius 3 is 2.66 bits per heavy atom. The van der Waals surface area contributed by atoms with Crippen LogP contribution in [0.3, 0.4) is 0 Å². The van der Waals surface area contributed by atoms with Gasteiger partial charge >= 0.3 is 0 Å². The molecule has 0 radical (unpaired) electrons. The summed E-state index contributed by atoms with van der Waals surface area (Å²) in [5.41, 5.74) is 0.864. The van der Waals surface area contributed by atoms with Crippen LogP contribution in [0.2, 0.25) is 5.02 Å². The zero-order valence-corrected chi connectivity index (χ0v) is 16.8. The number of amides is 3. The highest BCUT2D eigenvalue weighted by Crippen LogP contribution is 2.32. The van der Waals surface area contributed by atoms with Gasteiger partial charge in [0.2, 0.25) is 0 Å². The highest BCUT2D eigenvalue weighted by molar-refractivity contribution is 8.18. The zero-order valence-electron chi connectivity index (χ0n) is 15.3. The Labute approximate surface area is 175 Å². The van der Waals surface area contributed by atoms with E-state index in [1.54, 1.807) is 12.1 Å². The number of thioether (sulfide) groups is 1. The maximum absolute atomic E-state index is 13.0. The second kappa shape index (κ2) is 9.11. The molecule has 0 aliphatic carbocycles. The van der Waals surface area contributed by atoms with Gasteiger partial charge in [0.1, 0.15) is 11.6 Å². The molecule has 1 aliphatic heterocycles. The van der Waals surface area contributed by atoms with Crippen LogP contribution in [-0.2, 0) is 4.79 Å². The van der Waals surface area contributed by atoms with Gasteiger partial charge in [-0.3, -0.25) is 19.3 Å². The van der Waals surface area contributed by atoms with Crippen molar-refractivity contribution in [3.05, 3.63) is 69.3 Å². The maximum atomic E-state index is 13.0. The molecule has 3 rings (SSSR count). The van der Waals surface area contributed by atoms with Crippen LogP contribution >= 0.6 is 23.4 Å². The minimum atomic E-state index is -0.459. The summed E-state index contributed by atoms with van der Waals surface area (Å²) in [6.07, 6.45) is 1.53. The van der Waals surface area contributed by atoms with Crippen molar-refractivity contribution in [1.29, 1.82) is 0 Å². The molecule has 1 fully saturated rings. The van der Waals surface area contributed by atoms with Crippen molar-refractivity contribution < 1.29 is 23.5 Å². The van der Waals surface area contributed by atoms with Crippen molar-refractivity contribution in [3.63, 3.8) is 0 Å². The van der Waals surface area contributed by atoms with E-state index in [1.807, 2.05) is 0 Å². The number of methoxy groups -OCH3 is 1. The minimum absolute atomic E-state index is 0.0139. The Kier molecular flexibility index (Phi) is 6.56. The first-order valence-electron chi connectivity index (χ1n) is 8.51. The van der Waals surface area contributed by atoms with Gasteiger partial charge in [-0.1, -0.05) is 23.7 Å². The molecule has 1 aliphatic rings. The van der Waals surface area contributed by atoms with Gasteiger partial charge in [-0.15, -0.1) is 0 Å². The summed E-state index contributed by atoms with van der Waals surface area (Å²) in [6, 6.07) is 10.2. The van der Waals surface area contributed by atoms with Crippen LogP contribution in [0.15, 0.2) is 47.4 Å². The number of halogens is 2. The molecule has 0 unspecified atom stereocenters. The molecule has 29 heavy (non-hydrogen) atoms. The molecule has 9 heteroatoms. The van der Waals surface area contributed by atoms with Crippen LogP contribution < -0.4 is 10.1 Å². The largest absolute Gasteiger partial charge is 0.496 e. The molecule has 150 valence electrons. The van der Waals surface area contributed by atoms with Gasteiger partial charge in [-0.2, -0.15) is 0 Å². The summed E-state index contributed by atoms with van der Waals surface area (Å²) in [6.45, 7) is 0.0798. The van der Waals surface area contributed by atoms with E-state index in [0.29, 0.717) is 16.3 Å². The number of carbonyl (C=O) groups excluding carboxylic acids is 3. The molecular weight excluding hydrogens is 419 g/mol. The molecule has 2 aromatic rings. The summed E-state index contributed by atoms with van der Waals surface area (Å²) in [7, 11) is 1.44. The number of hydrogen-bond donors (Lipinski definition) is 1. The molecule has 1 N–H and O–H groups in total. The number of nitrogens with one attached hydrogen (secondary N) is 1. The summed E-state index contributed by atoms with van der Waals surface area (Å²) >= 11 is 6.72. The van der Waals surface area contributed by atoms with Gasteiger partial charge in [0.25, 0.3) is 17.1 Å². The number of hydrogen-bond acceptors (Lipinski definition) is 5. The highest BCUT2D eigenvalue weighted by atomic mass is 35.5. The average molecular weight is 435 g/mol. The Morgan fingerprint density at radius 1 is 1.24 bits per heavy atom. The lowest BCUT2D eigenvalue weighted by atomic mass is 10.2. The fourth-order valence-electron chi connectivity index (χ4n) is 2.64. The van der Waals surface area contributed by atoms with Gasteiger partial charge in [-0.25, -0.2) is 4.39 Å². The second-order valence-electron chi connectivity index (χ2n) is 5.99. The van der Waals surface area contributed by atoms with E-state index in [2.05, 4.69) is 5.32 Å². The first-order valence-corrected chi connectivity index (χ1v) is 9.71. The number of carbonyl (C=O) groups is 3. The highest BCUT2D eigenvalue weighted by Gasteiger charge is 2.34. The fraction of sp³-hybridized carbons (Fsp3) is 0.150. The van der Waals surface area contributed by atoms with Gasteiger partial charge in [0.05, 0.1) is 17.6 Å².